The van der Waals surface area contributed by atoms with Gasteiger partial charge in [0.1, 0.15) is 5.78 Å². The lowest BCUT2D eigenvalue weighted by atomic mass is 9.70. The fourth-order valence-electron chi connectivity index (χ4n) is 6.95. The highest BCUT2D eigenvalue weighted by Crippen LogP contribution is 2.64. The van der Waals surface area contributed by atoms with Crippen LogP contribution < -0.4 is 35.2 Å². The smallest absolute Gasteiger partial charge is 0.220 e. The summed E-state index contributed by atoms with van der Waals surface area (Å²) in [7, 11) is 2.65. The number of ether oxygens (including phenoxy) is 4. The fourth-order valence-corrected chi connectivity index (χ4v) is 8.31. The third-order valence-electron chi connectivity index (χ3n) is 9.35. The average Bonchev–Trinajstić information content (AvgIpc) is 3.10. The number of benzene rings is 1. The van der Waals surface area contributed by atoms with E-state index in [9.17, 15) is 18.0 Å². The maximum Gasteiger partial charge on any atom is 0.220 e. The molecule has 0 amide bonds. The molecule has 11 heteroatoms. The van der Waals surface area contributed by atoms with E-state index in [4.69, 9.17) is 29.8 Å². The van der Waals surface area contributed by atoms with E-state index in [0.717, 1.165) is 35.1 Å². The predicted octanol–water partition coefficient (Wildman–Crippen LogP) is 3.36. The molecule has 10 nitrogen and oxygen atoms in total. The quantitative estimate of drug-likeness (QED) is 0.516. The molecule has 2 unspecified atom stereocenters. The summed E-state index contributed by atoms with van der Waals surface area (Å²) in [4.78, 5) is 24.3. The van der Waals surface area contributed by atoms with Crippen LogP contribution in [0, 0.1) is 16.7 Å². The predicted molar refractivity (Wildman–Crippen MR) is 156 cm³/mol. The minimum atomic E-state index is -3.58. The highest BCUT2D eigenvalue weighted by Gasteiger charge is 2.65. The summed E-state index contributed by atoms with van der Waals surface area (Å²) in [6, 6.07) is 6.75. The van der Waals surface area contributed by atoms with Gasteiger partial charge in [0, 0.05) is 23.4 Å². The molecule has 0 saturated heterocycles. The van der Waals surface area contributed by atoms with Crippen LogP contribution in [0.25, 0.3) is 11.1 Å². The minimum absolute atomic E-state index is 0.0952. The molecule has 5 rings (SSSR count). The van der Waals surface area contributed by atoms with Crippen LogP contribution in [0.5, 0.6) is 23.0 Å². The summed E-state index contributed by atoms with van der Waals surface area (Å²) in [5.74, 6) is 2.20. The van der Waals surface area contributed by atoms with Crippen LogP contribution in [-0.4, -0.2) is 48.4 Å². The summed E-state index contributed by atoms with van der Waals surface area (Å²) >= 11 is 0. The van der Waals surface area contributed by atoms with Crippen molar-refractivity contribution in [2.75, 3.05) is 34.2 Å². The molecule has 3 aliphatic rings. The van der Waals surface area contributed by atoms with Crippen LogP contribution >= 0.6 is 0 Å². The number of fused-ring (bicyclic) bond motifs is 5. The van der Waals surface area contributed by atoms with Gasteiger partial charge in [-0.15, -0.1) is 0 Å². The van der Waals surface area contributed by atoms with Crippen molar-refractivity contribution in [3.05, 3.63) is 45.6 Å². The van der Waals surface area contributed by atoms with E-state index in [1.165, 1.54) is 7.11 Å². The van der Waals surface area contributed by atoms with E-state index in [1.807, 2.05) is 26.0 Å². The Morgan fingerprint density at radius 3 is 2.10 bits per heavy atom. The number of aryl methyl sites for hydroxylation is 1. The van der Waals surface area contributed by atoms with Crippen molar-refractivity contribution < 1.29 is 32.2 Å². The minimum Gasteiger partial charge on any atom is -0.493 e. The lowest BCUT2D eigenvalue weighted by Gasteiger charge is -2.35. The molecule has 2 fully saturated rings. The van der Waals surface area contributed by atoms with Gasteiger partial charge >= 0.3 is 0 Å². The third-order valence-corrected chi connectivity index (χ3v) is 10.2. The summed E-state index contributed by atoms with van der Waals surface area (Å²) in [6.45, 7) is 4.00. The van der Waals surface area contributed by atoms with E-state index in [1.54, 1.807) is 33.5 Å². The standard InChI is InChI=1S/C20H23NO5.C10H17NO3S/c1-23-16-8-6-12-13(10-15(16)22)14(21)7-5-11-9-17(24-2)19(25-3)20(26-4)18(11)12;1-9(2)7-3-4-10(9,8(12)5-7)6-15(11,13)14/h6,8-10,14H,5,7,21H2,1-4H3;7H,3-6H2,1-2H3,(H2,11,13,14)/t14-;/m0./s1. The van der Waals surface area contributed by atoms with Crippen molar-refractivity contribution in [3.8, 4) is 34.1 Å². The SMILES string of the molecule is CC1(C)C2CCC1(CS(N)(=O)=O)C(=O)C2.COc1cc2c(c(OC)c1OC)-c1ccc(OC)c(=O)cc1[C@@H](N)CC2. The number of primary sulfonamides is 1. The zero-order valence-corrected chi connectivity index (χ0v) is 25.4. The molecule has 41 heavy (non-hydrogen) atoms. The number of carbonyl (C=O) groups is 1. The maximum atomic E-state index is 12.4. The number of hydrogen-bond donors (Lipinski definition) is 2. The monoisotopic (exact) mass is 588 g/mol. The van der Waals surface area contributed by atoms with Gasteiger partial charge in [0.25, 0.3) is 0 Å². The van der Waals surface area contributed by atoms with E-state index >= 15 is 0 Å². The Kier molecular flexibility index (Phi) is 8.46. The Morgan fingerprint density at radius 2 is 1.59 bits per heavy atom. The highest BCUT2D eigenvalue weighted by molar-refractivity contribution is 7.89. The normalized spacial score (nSPS) is 23.9. The van der Waals surface area contributed by atoms with Gasteiger partial charge in [-0.05, 0) is 71.9 Å². The highest BCUT2D eigenvalue weighted by atomic mass is 32.2. The Morgan fingerprint density at radius 1 is 0.927 bits per heavy atom. The summed E-state index contributed by atoms with van der Waals surface area (Å²) < 4.78 is 44.3. The first kappa shape index (κ1) is 30.8. The van der Waals surface area contributed by atoms with Gasteiger partial charge in [0.05, 0.1) is 34.2 Å². The summed E-state index contributed by atoms with van der Waals surface area (Å²) in [6.07, 6.45) is 3.60. The third kappa shape index (κ3) is 5.30. The lowest BCUT2D eigenvalue weighted by Crippen LogP contribution is -2.43. The van der Waals surface area contributed by atoms with Gasteiger partial charge in [0.2, 0.25) is 21.2 Å². The lowest BCUT2D eigenvalue weighted by molar-refractivity contribution is -0.128. The molecular weight excluding hydrogens is 548 g/mol. The number of Topliss-reactive ketones (excluding diaryl/α,β-unsaturated/α-hetero) is 1. The van der Waals surface area contributed by atoms with Gasteiger partial charge < -0.3 is 24.7 Å². The fraction of sp³-hybridized carbons (Fsp3) is 0.533. The second-order valence-corrected chi connectivity index (χ2v) is 13.2. The van der Waals surface area contributed by atoms with E-state index < -0.39 is 15.4 Å². The molecule has 2 bridgehead atoms. The molecule has 4 N–H and O–H groups in total. The Balaban J connectivity index is 0.000000218. The number of ketones is 1. The van der Waals surface area contributed by atoms with Gasteiger partial charge in [-0.1, -0.05) is 19.9 Å². The van der Waals surface area contributed by atoms with Crippen molar-refractivity contribution in [1.82, 2.24) is 0 Å². The molecule has 224 valence electrons. The Bertz CT molecular complexity index is 1520. The van der Waals surface area contributed by atoms with E-state index in [0.29, 0.717) is 42.4 Å². The first-order valence-electron chi connectivity index (χ1n) is 13.6. The second-order valence-electron chi connectivity index (χ2n) is 11.6. The molecule has 2 aromatic rings. The molecule has 0 aliphatic heterocycles. The number of nitrogens with two attached hydrogens (primary N) is 2. The van der Waals surface area contributed by atoms with E-state index in [-0.39, 0.29) is 34.2 Å². The molecular formula is C30H40N2O8S. The van der Waals surface area contributed by atoms with Gasteiger partial charge in [-0.25, -0.2) is 13.6 Å². The molecule has 2 aromatic carbocycles. The molecule has 3 aliphatic carbocycles. The molecule has 0 aromatic heterocycles. The van der Waals surface area contributed by atoms with Crippen LogP contribution in [0.3, 0.4) is 0 Å². The van der Waals surface area contributed by atoms with Gasteiger partial charge in [0.15, 0.2) is 17.2 Å². The van der Waals surface area contributed by atoms with E-state index in [2.05, 4.69) is 0 Å². The van der Waals surface area contributed by atoms with Crippen molar-refractivity contribution >= 4 is 15.8 Å². The van der Waals surface area contributed by atoms with Crippen molar-refractivity contribution in [2.45, 2.75) is 52.0 Å². The van der Waals surface area contributed by atoms with Crippen molar-refractivity contribution in [1.29, 1.82) is 0 Å². The van der Waals surface area contributed by atoms with Crippen LogP contribution in [0.1, 0.15) is 56.7 Å². The van der Waals surface area contributed by atoms with Crippen LogP contribution in [0.2, 0.25) is 0 Å². The number of hydrogen-bond acceptors (Lipinski definition) is 9. The van der Waals surface area contributed by atoms with Crippen LogP contribution in [-0.2, 0) is 21.2 Å². The zero-order chi connectivity index (χ0) is 30.3. The Hall–Kier alpha value is -3.15. The molecule has 0 spiro atoms. The van der Waals surface area contributed by atoms with Gasteiger partial charge in [-0.2, -0.15) is 0 Å². The zero-order valence-electron chi connectivity index (χ0n) is 24.5. The number of rotatable bonds is 6. The number of methoxy groups -OCH3 is 4. The summed E-state index contributed by atoms with van der Waals surface area (Å²) in [5.41, 5.74) is 8.78. The first-order chi connectivity index (χ1) is 19.2. The summed E-state index contributed by atoms with van der Waals surface area (Å²) in [5, 5.41) is 5.10. The van der Waals surface area contributed by atoms with Crippen molar-refractivity contribution in [3.63, 3.8) is 0 Å². The van der Waals surface area contributed by atoms with Gasteiger partial charge in [-0.3, -0.25) is 9.59 Å². The Labute approximate surface area is 241 Å². The second kappa shape index (κ2) is 11.3. The molecule has 0 radical (unpaired) electrons. The average molecular weight is 589 g/mol. The van der Waals surface area contributed by atoms with Crippen LogP contribution in [0.4, 0.5) is 0 Å². The first-order valence-corrected chi connectivity index (χ1v) is 15.3. The topological polar surface area (TPSA) is 157 Å². The number of sulfonamides is 1. The number of carbonyl (C=O) groups excluding carboxylic acids is 1. The molecule has 3 atom stereocenters. The van der Waals surface area contributed by atoms with Crippen molar-refractivity contribution in [2.24, 2.45) is 27.6 Å². The molecule has 0 heterocycles. The largest absolute Gasteiger partial charge is 0.493 e. The maximum absolute atomic E-state index is 12.4. The molecule has 2 saturated carbocycles. The van der Waals surface area contributed by atoms with Crippen LogP contribution in [0.15, 0.2) is 29.1 Å².